The Morgan fingerprint density at radius 1 is 0.844 bits per heavy atom. The molecule has 1 saturated heterocycles. The number of hydrogen-bond acceptors (Lipinski definition) is 15. The molecule has 0 spiro atoms. The summed E-state index contributed by atoms with van der Waals surface area (Å²) in [6.45, 7) is 19.3. The van der Waals surface area contributed by atoms with Gasteiger partial charge in [-0.15, -0.1) is 0 Å². The molecule has 0 aromatic heterocycles. The molecule has 1 amide bonds. The third-order valence-corrected chi connectivity index (χ3v) is 15.9. The summed E-state index contributed by atoms with van der Waals surface area (Å²) in [5.74, 6) is -0.268. The van der Waals surface area contributed by atoms with Crippen LogP contribution in [0.3, 0.4) is 0 Å². The second-order valence-electron chi connectivity index (χ2n) is 20.4. The second kappa shape index (κ2) is 32.0. The number of likely N-dealkylation sites (N-methyl/N-ethyl adjacent to an activating group) is 1. The van der Waals surface area contributed by atoms with E-state index in [9.17, 15) is 27.8 Å². The van der Waals surface area contributed by atoms with Gasteiger partial charge in [-0.3, -0.25) is 19.5 Å². The van der Waals surface area contributed by atoms with Gasteiger partial charge >= 0.3 is 109 Å². The van der Waals surface area contributed by atoms with Crippen molar-refractivity contribution in [2.45, 2.75) is 126 Å². The number of anilines is 1. The Morgan fingerprint density at radius 2 is 1.55 bits per heavy atom. The molecular formula is C57H73K2N6O10S2+. The van der Waals surface area contributed by atoms with Crippen molar-refractivity contribution in [2.75, 3.05) is 77.1 Å². The van der Waals surface area contributed by atoms with Gasteiger partial charge in [0, 0.05) is 97.9 Å². The number of fused-ring (bicyclic) bond motifs is 6. The summed E-state index contributed by atoms with van der Waals surface area (Å²) in [6, 6.07) is 21.5. The minimum atomic E-state index is -4.60. The molecule has 1 fully saturated rings. The van der Waals surface area contributed by atoms with Crippen LogP contribution in [0.5, 0.6) is 0 Å². The van der Waals surface area contributed by atoms with Crippen molar-refractivity contribution >= 4 is 78.7 Å². The summed E-state index contributed by atoms with van der Waals surface area (Å²) in [7, 11) is -4.60. The number of esters is 1. The zero-order valence-electron chi connectivity index (χ0n) is 46.2. The molecule has 0 atom stereocenters. The van der Waals surface area contributed by atoms with Gasteiger partial charge in [-0.05, 0) is 135 Å². The van der Waals surface area contributed by atoms with E-state index >= 15 is 0 Å². The van der Waals surface area contributed by atoms with Crippen molar-refractivity contribution in [2.24, 2.45) is 9.98 Å². The SMILES string of the molecule is CCN1/C(=C\C=C\C2=[N+](CCCCCC(=O)NCCCC(=O)OCCCCCCN=C=NCCCN3CCOCC3)c3ccc4cc(SOO[O-])ccc4c3C2(C)C)C(C)(C)c2c1ccc1cc(S(=O)(=O)[O-])ccc21.[K+].[K+]. The maximum Gasteiger partial charge on any atom is 1.00 e. The predicted molar refractivity (Wildman–Crippen MR) is 292 cm³/mol. The van der Waals surface area contributed by atoms with E-state index in [4.69, 9.17) is 9.47 Å². The zero-order chi connectivity index (χ0) is 53.4. The predicted octanol–water partition coefficient (Wildman–Crippen LogP) is 3.23. The van der Waals surface area contributed by atoms with Crippen molar-refractivity contribution in [1.29, 1.82) is 0 Å². The van der Waals surface area contributed by atoms with Gasteiger partial charge < -0.3 is 29.5 Å². The number of nitrogens with zero attached hydrogens (tertiary/aromatic N) is 5. The van der Waals surface area contributed by atoms with Gasteiger partial charge in [0.25, 0.3) is 0 Å². The van der Waals surface area contributed by atoms with Crippen molar-refractivity contribution in [3.05, 3.63) is 95.7 Å². The fraction of sp³-hybridized carbons (Fsp3) is 0.509. The monoisotopic (exact) mass is 1140 g/mol. The van der Waals surface area contributed by atoms with Gasteiger partial charge in [0.1, 0.15) is 16.7 Å². The quantitative estimate of drug-likeness (QED) is 0.0100. The number of ether oxygens (including phenoxy) is 2. The number of nitrogens with one attached hydrogen (secondary N) is 1. The summed E-state index contributed by atoms with van der Waals surface area (Å²) in [4.78, 5) is 38.9. The Balaban J connectivity index is 0.00000547. The molecule has 0 aliphatic carbocycles. The largest absolute Gasteiger partial charge is 1.00 e. The molecule has 404 valence electrons. The van der Waals surface area contributed by atoms with Gasteiger partial charge in [-0.2, -0.15) is 8.91 Å². The Morgan fingerprint density at radius 3 is 2.30 bits per heavy atom. The van der Waals surface area contributed by atoms with Crippen molar-refractivity contribution in [1.82, 2.24) is 10.2 Å². The number of benzene rings is 4. The van der Waals surface area contributed by atoms with E-state index in [2.05, 4.69) is 116 Å². The van der Waals surface area contributed by atoms with Crippen LogP contribution in [-0.2, 0) is 49.4 Å². The van der Waals surface area contributed by atoms with E-state index in [0.717, 1.165) is 159 Å². The van der Waals surface area contributed by atoms with Gasteiger partial charge in [0.05, 0.1) is 54.7 Å². The first kappa shape index (κ1) is 65.8. The average molecular weight is 1140 g/mol. The van der Waals surface area contributed by atoms with E-state index in [1.54, 1.807) is 6.07 Å². The maximum absolute atomic E-state index is 12.8. The summed E-state index contributed by atoms with van der Waals surface area (Å²) in [6.07, 6.45) is 14.8. The van der Waals surface area contributed by atoms with Crippen LogP contribution in [0.2, 0.25) is 0 Å². The first-order chi connectivity index (χ1) is 36.1. The third-order valence-electron chi connectivity index (χ3n) is 14.5. The minimum absolute atomic E-state index is 0. The Bertz CT molecular complexity index is 2940. The molecule has 16 nitrogen and oxygen atoms in total. The van der Waals surface area contributed by atoms with Crippen LogP contribution < -0.4 is 118 Å². The van der Waals surface area contributed by atoms with Crippen LogP contribution in [0.15, 0.2) is 104 Å². The summed E-state index contributed by atoms with van der Waals surface area (Å²) >= 11 is 0.862. The number of aliphatic imine (C=N–C) groups is 2. The summed E-state index contributed by atoms with van der Waals surface area (Å²) in [5.41, 5.74) is 5.77. The van der Waals surface area contributed by atoms with E-state index in [1.807, 2.05) is 24.3 Å². The standard InChI is InChI=1S/C57H74N6O10S2.2K/c1-6-62-48-27-22-43-40-45(75(67,68)69)24-26-47(43)54(48)56(2,3)50(62)17-14-18-51-57(4,5)55-46-25-23-44(74-73-72-66)39-42(46)21-28-49(55)63(51)33-12-9-10-19-52(64)60-31-15-20-53(65)71-36-13-8-7-11-29-58-41-59-30-16-32-61-34-37-70-38-35-61;;/h14,17-18,21-28,39-40H,6-13,15-16,19-20,29-38H2,1-5H3,(H2-,60,64,66,67,68,69);;/q;2*+1/p-1. The third kappa shape index (κ3) is 17.8. The topological polar surface area (TPSA) is 198 Å². The molecule has 3 aliphatic heterocycles. The van der Waals surface area contributed by atoms with Gasteiger partial charge in [0.2, 0.25) is 11.6 Å². The van der Waals surface area contributed by atoms with Gasteiger partial charge in [0.15, 0.2) is 5.71 Å². The summed E-state index contributed by atoms with van der Waals surface area (Å²) in [5, 5.41) is 20.8. The maximum atomic E-state index is 12.8. The van der Waals surface area contributed by atoms with Crippen LogP contribution in [-0.4, -0.2) is 118 Å². The molecule has 4 aromatic carbocycles. The number of unbranched alkanes of at least 4 members (excludes halogenated alkanes) is 5. The number of amides is 1. The van der Waals surface area contributed by atoms with E-state index in [0.29, 0.717) is 44.5 Å². The summed E-state index contributed by atoms with van der Waals surface area (Å²) < 4.78 is 53.5. The Kier molecular flexibility index (Phi) is 27.4. The molecule has 77 heavy (non-hydrogen) atoms. The molecule has 20 heteroatoms. The fourth-order valence-corrected chi connectivity index (χ4v) is 11.7. The fourth-order valence-electron chi connectivity index (χ4n) is 10.7. The molecule has 0 bridgehead atoms. The van der Waals surface area contributed by atoms with Crippen molar-refractivity contribution in [3.63, 3.8) is 0 Å². The van der Waals surface area contributed by atoms with E-state index < -0.39 is 20.9 Å². The number of allylic oxidation sites excluding steroid dienone is 4. The smallest absolute Gasteiger partial charge is 0.744 e. The van der Waals surface area contributed by atoms with Crippen LogP contribution in [0, 0.1) is 0 Å². The number of morpholine rings is 1. The van der Waals surface area contributed by atoms with Crippen LogP contribution in [0.4, 0.5) is 11.4 Å². The van der Waals surface area contributed by atoms with Crippen molar-refractivity contribution < 1.29 is 154 Å². The zero-order valence-corrected chi connectivity index (χ0v) is 54.1. The molecule has 0 unspecified atom stereocenters. The average Bonchev–Trinajstić information content (AvgIpc) is 3.96. The normalized spacial score (nSPS) is 16.3. The minimum Gasteiger partial charge on any atom is -0.744 e. The second-order valence-corrected chi connectivity index (χ2v) is 22.5. The van der Waals surface area contributed by atoms with Gasteiger partial charge in [-0.25, -0.2) is 18.4 Å². The molecular weight excluding hydrogens is 1070 g/mol. The first-order valence-corrected chi connectivity index (χ1v) is 28.7. The first-order valence-electron chi connectivity index (χ1n) is 26.5. The van der Waals surface area contributed by atoms with Crippen LogP contribution >= 0.6 is 12.0 Å². The molecule has 3 aliphatic rings. The molecule has 4 aromatic rings. The number of hydrogen-bond donors (Lipinski definition) is 1. The molecule has 0 radical (unpaired) electrons. The molecule has 3 heterocycles. The number of carbonyl (C=O) groups excluding carboxylic acids is 2. The molecule has 7 rings (SSSR count). The van der Waals surface area contributed by atoms with Crippen LogP contribution in [0.25, 0.3) is 21.5 Å². The Hall–Kier alpha value is -2.00. The van der Waals surface area contributed by atoms with E-state index in [1.165, 1.54) is 17.7 Å². The van der Waals surface area contributed by atoms with Gasteiger partial charge in [-0.1, -0.05) is 44.5 Å². The van der Waals surface area contributed by atoms with Crippen LogP contribution in [0.1, 0.15) is 116 Å². The van der Waals surface area contributed by atoms with E-state index in [-0.39, 0.29) is 126 Å². The molecule has 0 saturated carbocycles. The molecule has 1 N–H and O–H groups in total. The van der Waals surface area contributed by atoms with Crippen molar-refractivity contribution in [3.8, 4) is 0 Å². The Labute approximate surface area is 544 Å². The number of carbonyl (C=O) groups is 2. The number of rotatable bonds is 28.